The average molecular weight is 433 g/mol. The van der Waals surface area contributed by atoms with E-state index in [1.54, 1.807) is 24.3 Å². The topological polar surface area (TPSA) is 84.0 Å². The normalized spacial score (nSPS) is 10.5. The van der Waals surface area contributed by atoms with Gasteiger partial charge in [0, 0.05) is 17.3 Å². The van der Waals surface area contributed by atoms with Gasteiger partial charge in [0.1, 0.15) is 0 Å². The molecule has 2 N–H and O–H groups in total. The van der Waals surface area contributed by atoms with Crippen LogP contribution in [0.15, 0.2) is 52.9 Å². The molecule has 0 fully saturated rings. The third-order valence-electron chi connectivity index (χ3n) is 3.75. The van der Waals surface area contributed by atoms with Crippen LogP contribution >= 0.6 is 34.7 Å². The number of rotatable bonds is 7. The van der Waals surface area contributed by atoms with Crippen molar-refractivity contribution < 1.29 is 9.59 Å². The lowest BCUT2D eigenvalue weighted by Crippen LogP contribution is -2.24. The summed E-state index contributed by atoms with van der Waals surface area (Å²) in [6, 6.07) is 14.8. The highest BCUT2D eigenvalue weighted by molar-refractivity contribution is 8.01. The molecule has 144 valence electrons. The number of benzene rings is 2. The summed E-state index contributed by atoms with van der Waals surface area (Å²) in [5, 5.41) is 14.2. The predicted octanol–water partition coefficient (Wildman–Crippen LogP) is 4.16. The van der Waals surface area contributed by atoms with Crippen LogP contribution in [0.25, 0.3) is 0 Å². The molecule has 0 saturated carbocycles. The first-order valence-corrected chi connectivity index (χ1v) is 10.5. The average Bonchev–Trinajstić information content (AvgIpc) is 3.15. The van der Waals surface area contributed by atoms with Crippen molar-refractivity contribution in [1.82, 2.24) is 15.5 Å². The van der Waals surface area contributed by atoms with Crippen LogP contribution in [0, 0.1) is 6.92 Å². The van der Waals surface area contributed by atoms with Gasteiger partial charge in [-0.25, -0.2) is 0 Å². The van der Waals surface area contributed by atoms with E-state index in [0.29, 0.717) is 21.6 Å². The van der Waals surface area contributed by atoms with E-state index in [4.69, 9.17) is 11.6 Å². The molecule has 0 spiro atoms. The lowest BCUT2D eigenvalue weighted by Gasteiger charge is -2.07. The summed E-state index contributed by atoms with van der Waals surface area (Å²) in [7, 11) is 0. The van der Waals surface area contributed by atoms with Crippen LogP contribution in [-0.4, -0.2) is 27.8 Å². The maximum absolute atomic E-state index is 12.2. The van der Waals surface area contributed by atoms with Crippen molar-refractivity contribution in [2.75, 3.05) is 11.1 Å². The van der Waals surface area contributed by atoms with Crippen LogP contribution in [0.5, 0.6) is 0 Å². The first-order valence-electron chi connectivity index (χ1n) is 8.35. The molecule has 6 nitrogen and oxygen atoms in total. The number of carbonyl (C=O) groups excluding carboxylic acids is 2. The fourth-order valence-electron chi connectivity index (χ4n) is 2.29. The van der Waals surface area contributed by atoms with Gasteiger partial charge in [-0.15, -0.1) is 10.2 Å². The van der Waals surface area contributed by atoms with E-state index in [1.807, 2.05) is 31.2 Å². The monoisotopic (exact) mass is 432 g/mol. The minimum atomic E-state index is -0.365. The van der Waals surface area contributed by atoms with Gasteiger partial charge in [-0.3, -0.25) is 9.59 Å². The van der Waals surface area contributed by atoms with Crippen LogP contribution in [0.2, 0.25) is 5.02 Å². The number of carbonyl (C=O) groups is 2. The molecular weight excluding hydrogens is 416 g/mol. The summed E-state index contributed by atoms with van der Waals surface area (Å²) in [6.07, 6.45) is 0. The fourth-order valence-corrected chi connectivity index (χ4v) is 4.06. The lowest BCUT2D eigenvalue weighted by atomic mass is 10.1. The highest BCUT2D eigenvalue weighted by Crippen LogP contribution is 2.23. The summed E-state index contributed by atoms with van der Waals surface area (Å²) < 4.78 is 0.558. The Morgan fingerprint density at radius 2 is 1.96 bits per heavy atom. The molecule has 28 heavy (non-hydrogen) atoms. The SMILES string of the molecule is Cc1ccccc1CNC(=O)CSc1nnc(C(=O)Nc2cccc(Cl)c2)s1. The van der Waals surface area contributed by atoms with Gasteiger partial charge in [0.15, 0.2) is 4.34 Å². The number of aryl methyl sites for hydroxylation is 1. The molecule has 3 rings (SSSR count). The Bertz CT molecular complexity index is 993. The molecule has 0 radical (unpaired) electrons. The molecule has 1 aromatic heterocycles. The van der Waals surface area contributed by atoms with Crippen LogP contribution in [0.3, 0.4) is 0 Å². The number of thioether (sulfide) groups is 1. The first-order chi connectivity index (χ1) is 13.5. The maximum Gasteiger partial charge on any atom is 0.286 e. The summed E-state index contributed by atoms with van der Waals surface area (Å²) >= 11 is 8.29. The highest BCUT2D eigenvalue weighted by atomic mass is 35.5. The second-order valence-corrected chi connectivity index (χ2v) is 8.47. The molecule has 0 saturated heterocycles. The number of nitrogens with zero attached hydrogens (tertiary/aromatic N) is 2. The lowest BCUT2D eigenvalue weighted by molar-refractivity contribution is -0.118. The Morgan fingerprint density at radius 3 is 2.75 bits per heavy atom. The molecule has 2 amide bonds. The number of nitrogens with one attached hydrogen (secondary N) is 2. The Kier molecular flexibility index (Phi) is 7.02. The van der Waals surface area contributed by atoms with E-state index in [1.165, 1.54) is 11.8 Å². The molecule has 0 bridgehead atoms. The number of aromatic nitrogens is 2. The number of anilines is 1. The Hall–Kier alpha value is -2.42. The summed E-state index contributed by atoms with van der Waals surface area (Å²) in [4.78, 5) is 24.3. The molecule has 0 aliphatic carbocycles. The van der Waals surface area contributed by atoms with Gasteiger partial charge in [-0.2, -0.15) is 0 Å². The van der Waals surface area contributed by atoms with E-state index in [0.717, 1.165) is 22.5 Å². The van der Waals surface area contributed by atoms with Gasteiger partial charge in [0.05, 0.1) is 5.75 Å². The standard InChI is InChI=1S/C19H17ClN4O2S2/c1-12-5-2-3-6-13(12)10-21-16(25)11-27-19-24-23-18(28-19)17(26)22-15-8-4-7-14(20)9-15/h2-9H,10-11H2,1H3,(H,21,25)(H,22,26). The molecule has 3 aromatic rings. The Morgan fingerprint density at radius 1 is 1.14 bits per heavy atom. The molecule has 0 aliphatic rings. The van der Waals surface area contributed by atoms with E-state index < -0.39 is 0 Å². The van der Waals surface area contributed by atoms with Crippen LogP contribution < -0.4 is 10.6 Å². The van der Waals surface area contributed by atoms with Crippen molar-refractivity contribution in [2.45, 2.75) is 17.8 Å². The largest absolute Gasteiger partial charge is 0.351 e. The molecule has 0 aliphatic heterocycles. The molecule has 1 heterocycles. The highest BCUT2D eigenvalue weighted by Gasteiger charge is 2.14. The molecule has 2 aromatic carbocycles. The van der Waals surface area contributed by atoms with Crippen LogP contribution in [0.1, 0.15) is 20.9 Å². The Labute approximate surface area is 175 Å². The molecular formula is C19H17ClN4O2S2. The van der Waals surface area contributed by atoms with Crippen molar-refractivity contribution in [3.63, 3.8) is 0 Å². The smallest absolute Gasteiger partial charge is 0.286 e. The zero-order chi connectivity index (χ0) is 19.9. The summed E-state index contributed by atoms with van der Waals surface area (Å²) in [5.74, 6) is -0.264. The quantitative estimate of drug-likeness (QED) is 0.547. The van der Waals surface area contributed by atoms with Gasteiger partial charge in [0.25, 0.3) is 5.91 Å². The van der Waals surface area contributed by atoms with Crippen molar-refractivity contribution in [2.24, 2.45) is 0 Å². The number of hydrogen-bond acceptors (Lipinski definition) is 6. The Balaban J connectivity index is 1.48. The minimum Gasteiger partial charge on any atom is -0.351 e. The van der Waals surface area contributed by atoms with E-state index in [9.17, 15) is 9.59 Å². The zero-order valence-corrected chi connectivity index (χ0v) is 17.3. The second kappa shape index (κ2) is 9.68. The third-order valence-corrected chi connectivity index (χ3v) is 6.04. The summed E-state index contributed by atoms with van der Waals surface area (Å²) in [5.41, 5.74) is 2.80. The van der Waals surface area contributed by atoms with E-state index in [2.05, 4.69) is 20.8 Å². The maximum atomic E-state index is 12.2. The van der Waals surface area contributed by atoms with Gasteiger partial charge < -0.3 is 10.6 Å². The van der Waals surface area contributed by atoms with Crippen molar-refractivity contribution >= 4 is 52.2 Å². The van der Waals surface area contributed by atoms with Crippen molar-refractivity contribution in [3.05, 3.63) is 69.7 Å². The van der Waals surface area contributed by atoms with Gasteiger partial charge >= 0.3 is 0 Å². The minimum absolute atomic E-state index is 0.103. The molecule has 0 unspecified atom stereocenters. The van der Waals surface area contributed by atoms with Gasteiger partial charge in [-0.1, -0.05) is 65.0 Å². The van der Waals surface area contributed by atoms with Crippen LogP contribution in [0.4, 0.5) is 5.69 Å². The van der Waals surface area contributed by atoms with Gasteiger partial charge in [0.2, 0.25) is 10.9 Å². The van der Waals surface area contributed by atoms with Crippen molar-refractivity contribution in [3.8, 4) is 0 Å². The van der Waals surface area contributed by atoms with Crippen molar-refractivity contribution in [1.29, 1.82) is 0 Å². The first kappa shape index (κ1) is 20.3. The number of amides is 2. The fraction of sp³-hybridized carbons (Fsp3) is 0.158. The third kappa shape index (κ3) is 5.79. The van der Waals surface area contributed by atoms with E-state index in [-0.39, 0.29) is 22.6 Å². The predicted molar refractivity (Wildman–Crippen MR) is 113 cm³/mol. The summed E-state index contributed by atoms with van der Waals surface area (Å²) in [6.45, 7) is 2.49. The van der Waals surface area contributed by atoms with Crippen LogP contribution in [-0.2, 0) is 11.3 Å². The number of halogens is 1. The zero-order valence-electron chi connectivity index (χ0n) is 14.9. The number of hydrogen-bond donors (Lipinski definition) is 2. The molecule has 9 heteroatoms. The molecule has 0 atom stereocenters. The van der Waals surface area contributed by atoms with E-state index >= 15 is 0 Å². The second-order valence-electron chi connectivity index (χ2n) is 5.83. The van der Waals surface area contributed by atoms with Gasteiger partial charge in [-0.05, 0) is 36.2 Å².